The van der Waals surface area contributed by atoms with Crippen LogP contribution in [0, 0.1) is 65.5 Å². The molecule has 124 heavy (non-hydrogen) atoms. The minimum atomic E-state index is -0.330. The van der Waals surface area contributed by atoms with E-state index in [0.717, 1.165) is 57.8 Å². The van der Waals surface area contributed by atoms with Crippen molar-refractivity contribution in [2.75, 3.05) is 33.0 Å². The number of carbonyl (C=O) groups excluding carboxylic acids is 2. The first-order valence-corrected chi connectivity index (χ1v) is 47.6. The Hall–Kier alpha value is -4.82. The summed E-state index contributed by atoms with van der Waals surface area (Å²) in [5, 5.41) is 0. The van der Waals surface area contributed by atoms with Gasteiger partial charge in [-0.3, -0.25) is 0 Å². The molecule has 2 aliphatic heterocycles. The van der Waals surface area contributed by atoms with Gasteiger partial charge in [0.05, 0.1) is 38.6 Å². The number of hydrogen-bond acceptors (Lipinski definition) is 7. The third-order valence-corrected chi connectivity index (χ3v) is 14.9. The van der Waals surface area contributed by atoms with E-state index in [1.54, 1.807) is 0 Å². The minimum absolute atomic E-state index is 0.293. The Morgan fingerprint density at radius 1 is 0.315 bits per heavy atom. The van der Waals surface area contributed by atoms with Gasteiger partial charge < -0.3 is 23.7 Å². The molecular weight excluding hydrogens is 1520 g/mol. The first kappa shape index (κ1) is 135. The zero-order chi connectivity index (χ0) is 99.7. The van der Waals surface area contributed by atoms with Crippen LogP contribution in [-0.4, -0.2) is 63.3 Å². The van der Waals surface area contributed by atoms with Gasteiger partial charge in [-0.15, -0.1) is 0 Å². The van der Waals surface area contributed by atoms with Crippen molar-refractivity contribution in [3.63, 3.8) is 0 Å². The van der Waals surface area contributed by atoms with E-state index in [0.29, 0.717) is 113 Å². The summed E-state index contributed by atoms with van der Waals surface area (Å²) >= 11 is 0. The van der Waals surface area contributed by atoms with Crippen molar-refractivity contribution in [1.29, 1.82) is 0 Å². The number of benzene rings is 4. The second-order valence-electron chi connectivity index (χ2n) is 54.2. The predicted molar refractivity (Wildman–Crippen MR) is 560 cm³/mol. The number of hydrogen-bond donors (Lipinski definition) is 0. The summed E-state index contributed by atoms with van der Waals surface area (Å²) in [5.41, 5.74) is 11.9. The fourth-order valence-corrected chi connectivity index (χ4v) is 8.89. The fourth-order valence-electron chi connectivity index (χ4n) is 8.89. The molecular formula is C117H218O7. The lowest BCUT2D eigenvalue weighted by Gasteiger charge is -2.24. The van der Waals surface area contributed by atoms with E-state index in [1.165, 1.54) is 72.9 Å². The molecule has 7 rings (SSSR count). The van der Waals surface area contributed by atoms with Crippen molar-refractivity contribution >= 4 is 11.9 Å². The van der Waals surface area contributed by atoms with Gasteiger partial charge in [0.2, 0.25) is 0 Å². The van der Waals surface area contributed by atoms with Crippen LogP contribution in [0.5, 0.6) is 0 Å². The highest BCUT2D eigenvalue weighted by Crippen LogP contribution is 2.42. The van der Waals surface area contributed by atoms with Crippen LogP contribution in [-0.2, 0) is 54.9 Å². The van der Waals surface area contributed by atoms with E-state index in [-0.39, 0.29) is 11.9 Å². The second kappa shape index (κ2) is 64.9. The maximum Gasteiger partial charge on any atom is 0.330 e. The molecule has 7 nitrogen and oxygen atoms in total. The molecule has 4 aromatic carbocycles. The standard InChI is InChI=1S/C12H22O.C10H20O2.2C10H18O2.4C10H14.7C5H12/c1-12(2,3)7-6-9-4-5-10-11(8-9)13-10;1-10(2,3)5-4-6-11-7-9-8-12-9;2*1-5-9(11)12-8-6-7-10(2,3)4;4*1-10(2,3)9-7-5-4-6-8-9;7*1-5(2,3)4/h9-11H,4-8H2,1-3H3;9H,4-8H2,1-3H3;2*5H,1,6-8H2,2-4H3;4*4-8H,1-3H3;7*1-4H3. The van der Waals surface area contributed by atoms with E-state index in [9.17, 15) is 9.59 Å². The van der Waals surface area contributed by atoms with Crippen LogP contribution in [0.1, 0.15) is 453 Å². The summed E-state index contributed by atoms with van der Waals surface area (Å²) in [4.78, 5) is 21.2. The zero-order valence-electron chi connectivity index (χ0n) is 93.1. The van der Waals surface area contributed by atoms with E-state index in [1.807, 2.05) is 0 Å². The Morgan fingerprint density at radius 2 is 0.524 bits per heavy atom. The van der Waals surface area contributed by atoms with Gasteiger partial charge in [0.1, 0.15) is 6.10 Å². The Balaban J connectivity index is -0.000000196. The van der Waals surface area contributed by atoms with E-state index in [4.69, 9.17) is 23.7 Å². The topological polar surface area (TPSA) is 86.9 Å². The van der Waals surface area contributed by atoms with E-state index in [2.05, 4.69) is 495 Å². The highest BCUT2D eigenvalue weighted by molar-refractivity contribution is 5.81. The summed E-state index contributed by atoms with van der Waals surface area (Å²) < 4.78 is 25.7. The molecule has 728 valence electrons. The van der Waals surface area contributed by atoms with Gasteiger partial charge in [0, 0.05) is 18.8 Å². The maximum absolute atomic E-state index is 10.6. The number of carbonyl (C=O) groups is 2. The first-order valence-electron chi connectivity index (χ1n) is 47.6. The lowest BCUT2D eigenvalue weighted by Crippen LogP contribution is -2.16. The summed E-state index contributed by atoms with van der Waals surface area (Å²) in [7, 11) is 0. The molecule has 2 heterocycles. The molecule has 4 atom stereocenters. The molecule has 3 fully saturated rings. The molecule has 0 bridgehead atoms. The first-order chi connectivity index (χ1) is 55.0. The summed E-state index contributed by atoms with van der Waals surface area (Å²) in [6, 6.07) is 42.2. The molecule has 0 aromatic heterocycles. The molecule has 1 saturated carbocycles. The molecule has 3 aliphatic rings. The van der Waals surface area contributed by atoms with Gasteiger partial charge in [0.15, 0.2) is 0 Å². The van der Waals surface area contributed by atoms with Gasteiger partial charge in [-0.2, -0.15) is 0 Å². The average molecular weight is 1740 g/mol. The highest BCUT2D eigenvalue weighted by Gasteiger charge is 2.43. The third kappa shape index (κ3) is 146. The van der Waals surface area contributed by atoms with Crippen molar-refractivity contribution in [3.05, 3.63) is 169 Å². The summed E-state index contributed by atoms with van der Waals surface area (Å²) in [5.74, 6) is 0.302. The molecule has 4 unspecified atom stereocenters. The van der Waals surface area contributed by atoms with Crippen LogP contribution in [0.15, 0.2) is 147 Å². The van der Waals surface area contributed by atoms with Crippen LogP contribution >= 0.6 is 0 Å². The molecule has 0 N–H and O–H groups in total. The lowest BCUT2D eigenvalue weighted by atomic mass is 9.81. The van der Waals surface area contributed by atoms with Crippen LogP contribution in [0.25, 0.3) is 0 Å². The molecule has 2 saturated heterocycles. The molecule has 1 aliphatic carbocycles. The maximum atomic E-state index is 10.6. The van der Waals surface area contributed by atoms with Crippen molar-refractivity contribution in [2.45, 2.75) is 471 Å². The largest absolute Gasteiger partial charge is 0.463 e. The van der Waals surface area contributed by atoms with Gasteiger partial charge in [0.25, 0.3) is 0 Å². The Labute approximate surface area is 778 Å². The third-order valence-electron chi connectivity index (χ3n) is 14.9. The molecule has 4 aromatic rings. The number of esters is 2. The van der Waals surface area contributed by atoms with Crippen LogP contribution in [0.3, 0.4) is 0 Å². The fraction of sp³-hybridized carbons (Fsp3) is 0.744. The van der Waals surface area contributed by atoms with Crippen molar-refractivity contribution in [3.8, 4) is 0 Å². The van der Waals surface area contributed by atoms with Crippen molar-refractivity contribution in [1.82, 2.24) is 0 Å². The van der Waals surface area contributed by atoms with Crippen LogP contribution in [0.4, 0.5) is 0 Å². The molecule has 0 spiro atoms. The summed E-state index contributed by atoms with van der Waals surface area (Å²) in [6.07, 6.45) is 17.4. The Kier molecular flexibility index (Phi) is 70.4. The van der Waals surface area contributed by atoms with Gasteiger partial charge in [-0.1, -0.05) is 495 Å². The summed E-state index contributed by atoms with van der Waals surface area (Å²) in [6.45, 7) is 125. The van der Waals surface area contributed by atoms with Gasteiger partial charge in [-0.05, 0) is 180 Å². The monoisotopic (exact) mass is 1740 g/mol. The number of fused-ring (bicyclic) bond motifs is 1. The normalized spacial score (nSPS) is 15.5. The Morgan fingerprint density at radius 3 is 0.694 bits per heavy atom. The highest BCUT2D eigenvalue weighted by atomic mass is 16.6. The molecule has 0 radical (unpaired) electrons. The predicted octanol–water partition coefficient (Wildman–Crippen LogP) is 37.0. The van der Waals surface area contributed by atoms with Crippen LogP contribution < -0.4 is 0 Å². The van der Waals surface area contributed by atoms with Crippen LogP contribution in [0.2, 0.25) is 0 Å². The SMILES string of the molecule is C=CC(=O)OCCCC(C)(C)C.C=CC(=O)OCCCC(C)(C)C.CC(C)(C)C.CC(C)(C)C.CC(C)(C)C.CC(C)(C)C.CC(C)(C)C.CC(C)(C)C.CC(C)(C)C.CC(C)(C)CCC1CCC2OC2C1.CC(C)(C)CCCOCC1CO1.CC(C)(C)c1ccccc1.CC(C)(C)c1ccccc1.CC(C)(C)c1ccccc1.CC(C)(C)c1ccccc1. The average Bonchev–Trinajstić information content (AvgIpc) is 1.66. The Bertz CT molecular complexity index is 2720. The van der Waals surface area contributed by atoms with E-state index >= 15 is 0 Å². The number of epoxide rings is 2. The van der Waals surface area contributed by atoms with Crippen molar-refractivity contribution < 1.29 is 33.3 Å². The van der Waals surface area contributed by atoms with Gasteiger partial charge in [-0.25, -0.2) is 9.59 Å². The minimum Gasteiger partial charge on any atom is -0.463 e. The smallest absolute Gasteiger partial charge is 0.330 e. The molecule has 0 amide bonds. The van der Waals surface area contributed by atoms with Crippen molar-refractivity contribution in [2.24, 2.45) is 65.5 Å². The quantitative estimate of drug-likeness (QED) is 0.0507. The zero-order valence-corrected chi connectivity index (χ0v) is 93.1. The second-order valence-corrected chi connectivity index (χ2v) is 54.2. The number of rotatable bonds is 15. The number of ether oxygens (including phenoxy) is 5. The van der Waals surface area contributed by atoms with E-state index < -0.39 is 0 Å². The van der Waals surface area contributed by atoms with Gasteiger partial charge >= 0.3 is 11.9 Å². The molecule has 7 heteroatoms. The lowest BCUT2D eigenvalue weighted by molar-refractivity contribution is -0.138.